The van der Waals surface area contributed by atoms with E-state index >= 15 is 0 Å². The van der Waals surface area contributed by atoms with E-state index in [1.807, 2.05) is 6.07 Å². The molecule has 1 aliphatic carbocycles. The number of hydrogen-bond donors (Lipinski definition) is 1. The molecule has 1 N–H and O–H groups in total. The van der Waals surface area contributed by atoms with Gasteiger partial charge in [-0.05, 0) is 37.3 Å². The van der Waals surface area contributed by atoms with E-state index in [0.29, 0.717) is 5.13 Å². The highest BCUT2D eigenvalue weighted by molar-refractivity contribution is 7.15. The number of nitrogens with zero attached hydrogens (tertiary/aromatic N) is 2. The molecule has 0 radical (unpaired) electrons. The lowest BCUT2D eigenvalue weighted by Crippen LogP contribution is -2.09. The number of rotatable bonds is 2. The molecule has 2 aromatic heterocycles. The molecule has 1 aliphatic rings. The lowest BCUT2D eigenvalue weighted by atomic mass is 10.1. The highest BCUT2D eigenvalue weighted by Gasteiger charge is 2.17. The first-order chi connectivity index (χ1) is 8.83. The highest BCUT2D eigenvalue weighted by atomic mass is 32.1. The zero-order valence-electron chi connectivity index (χ0n) is 9.81. The molecule has 0 spiro atoms. The average molecular weight is 279 g/mol. The van der Waals surface area contributed by atoms with Gasteiger partial charge < -0.3 is 0 Å². The van der Waals surface area contributed by atoms with Gasteiger partial charge in [-0.1, -0.05) is 17.8 Å². The van der Waals surface area contributed by atoms with E-state index in [-0.39, 0.29) is 5.91 Å². The fraction of sp³-hybridized carbons (Fsp3) is 0.417. The molecule has 18 heavy (non-hydrogen) atoms. The van der Waals surface area contributed by atoms with Crippen LogP contribution in [-0.2, 0) is 12.8 Å². The molecule has 6 heteroatoms. The molecule has 94 valence electrons. The monoisotopic (exact) mass is 279 g/mol. The number of thiophene rings is 1. The van der Waals surface area contributed by atoms with Crippen molar-refractivity contribution in [3.63, 3.8) is 0 Å². The Balaban J connectivity index is 1.78. The summed E-state index contributed by atoms with van der Waals surface area (Å²) >= 11 is 2.96. The summed E-state index contributed by atoms with van der Waals surface area (Å²) in [5.41, 5.74) is 2.97. The number of amides is 1. The Morgan fingerprint density at radius 2 is 2.17 bits per heavy atom. The lowest BCUT2D eigenvalue weighted by Gasteiger charge is -1.97. The molecule has 2 heterocycles. The summed E-state index contributed by atoms with van der Waals surface area (Å²) < 4.78 is 0. The van der Waals surface area contributed by atoms with E-state index in [1.54, 1.807) is 16.8 Å². The van der Waals surface area contributed by atoms with Crippen LogP contribution in [0.4, 0.5) is 5.13 Å². The van der Waals surface area contributed by atoms with Crippen molar-refractivity contribution in [3.8, 4) is 0 Å². The maximum Gasteiger partial charge on any atom is 0.267 e. The van der Waals surface area contributed by atoms with Crippen LogP contribution in [0.3, 0.4) is 0 Å². The normalized spacial score (nSPS) is 14.9. The van der Waals surface area contributed by atoms with E-state index in [0.717, 1.165) is 17.7 Å². The van der Waals surface area contributed by atoms with Gasteiger partial charge in [0.25, 0.3) is 5.91 Å². The molecule has 2 aromatic rings. The minimum absolute atomic E-state index is 0.0650. The number of aryl methyl sites for hydroxylation is 2. The lowest BCUT2D eigenvalue weighted by molar-refractivity contribution is 0.103. The molecule has 1 amide bonds. The minimum atomic E-state index is -0.0650. The summed E-state index contributed by atoms with van der Waals surface area (Å²) in [5.74, 6) is -0.0650. The molecule has 0 saturated heterocycles. The molecule has 3 rings (SSSR count). The van der Waals surface area contributed by atoms with Gasteiger partial charge in [-0.2, -0.15) is 0 Å². The van der Waals surface area contributed by atoms with Crippen molar-refractivity contribution < 1.29 is 4.79 Å². The van der Waals surface area contributed by atoms with Gasteiger partial charge in [0.1, 0.15) is 5.51 Å². The van der Waals surface area contributed by atoms with Crippen LogP contribution < -0.4 is 5.32 Å². The SMILES string of the molecule is O=C(Nc1nncs1)c1cc2c(s1)CCCCC2. The largest absolute Gasteiger partial charge is 0.296 e. The fourth-order valence-corrected chi connectivity index (χ4v) is 3.75. The third kappa shape index (κ3) is 2.44. The van der Waals surface area contributed by atoms with Crippen molar-refractivity contribution >= 4 is 33.7 Å². The van der Waals surface area contributed by atoms with Crippen LogP contribution in [0.25, 0.3) is 0 Å². The van der Waals surface area contributed by atoms with Gasteiger partial charge in [0.2, 0.25) is 5.13 Å². The van der Waals surface area contributed by atoms with Gasteiger partial charge in [-0.25, -0.2) is 0 Å². The number of nitrogens with one attached hydrogen (secondary N) is 1. The molecule has 0 unspecified atom stereocenters. The summed E-state index contributed by atoms with van der Waals surface area (Å²) in [6, 6.07) is 2.04. The Bertz CT molecular complexity index is 524. The molecule has 0 aromatic carbocycles. The second-order valence-corrected chi connectivity index (χ2v) is 6.29. The van der Waals surface area contributed by atoms with Crippen molar-refractivity contribution in [1.82, 2.24) is 10.2 Å². The van der Waals surface area contributed by atoms with Crippen LogP contribution in [0.15, 0.2) is 11.6 Å². The smallest absolute Gasteiger partial charge is 0.267 e. The van der Waals surface area contributed by atoms with Crippen molar-refractivity contribution in [1.29, 1.82) is 0 Å². The van der Waals surface area contributed by atoms with Gasteiger partial charge in [0.15, 0.2) is 0 Å². The van der Waals surface area contributed by atoms with Gasteiger partial charge in [-0.3, -0.25) is 10.1 Å². The Morgan fingerprint density at radius 1 is 1.28 bits per heavy atom. The topological polar surface area (TPSA) is 54.9 Å². The summed E-state index contributed by atoms with van der Waals surface area (Å²) in [5, 5.41) is 10.9. The first-order valence-corrected chi connectivity index (χ1v) is 7.71. The predicted octanol–water partition coefficient (Wildman–Crippen LogP) is 3.12. The van der Waals surface area contributed by atoms with Crippen LogP contribution in [0.2, 0.25) is 0 Å². The average Bonchev–Trinajstić information content (AvgIpc) is 2.95. The molecule has 0 saturated carbocycles. The molecule has 4 nitrogen and oxygen atoms in total. The molecule has 0 bridgehead atoms. The standard InChI is InChI=1S/C12H13N3OS2/c16-11(14-12-15-13-7-17-12)10-6-8-4-2-1-3-5-9(8)18-10/h6-7H,1-5H2,(H,14,15,16). The maximum atomic E-state index is 12.1. The Hall–Kier alpha value is -1.27. The van der Waals surface area contributed by atoms with Gasteiger partial charge in [0.05, 0.1) is 4.88 Å². The Morgan fingerprint density at radius 3 is 3.00 bits per heavy atom. The van der Waals surface area contributed by atoms with Crippen molar-refractivity contribution in [2.75, 3.05) is 5.32 Å². The molecular weight excluding hydrogens is 266 g/mol. The molecule has 0 aliphatic heterocycles. The van der Waals surface area contributed by atoms with Crippen LogP contribution in [-0.4, -0.2) is 16.1 Å². The first kappa shape index (κ1) is 11.8. The third-order valence-corrected chi connectivity index (χ3v) is 4.89. The second-order valence-electron chi connectivity index (χ2n) is 4.32. The molecule has 0 fully saturated rings. The predicted molar refractivity (Wildman–Crippen MR) is 73.4 cm³/mol. The third-order valence-electron chi connectivity index (χ3n) is 3.05. The fourth-order valence-electron chi connectivity index (χ4n) is 2.17. The number of carbonyl (C=O) groups excluding carboxylic acids is 1. The Labute approximate surface area is 113 Å². The van der Waals surface area contributed by atoms with Crippen LogP contribution in [0, 0.1) is 0 Å². The zero-order chi connectivity index (χ0) is 12.4. The second kappa shape index (κ2) is 5.16. The summed E-state index contributed by atoms with van der Waals surface area (Å²) in [6.45, 7) is 0. The maximum absolute atomic E-state index is 12.1. The Kier molecular flexibility index (Phi) is 3.38. The van der Waals surface area contributed by atoms with Crippen molar-refractivity contribution in [2.24, 2.45) is 0 Å². The van der Waals surface area contributed by atoms with E-state index in [9.17, 15) is 4.79 Å². The van der Waals surface area contributed by atoms with E-state index in [4.69, 9.17) is 0 Å². The molecular formula is C12H13N3OS2. The van der Waals surface area contributed by atoms with Crippen molar-refractivity contribution in [2.45, 2.75) is 32.1 Å². The zero-order valence-corrected chi connectivity index (χ0v) is 11.4. The van der Waals surface area contributed by atoms with Gasteiger partial charge in [-0.15, -0.1) is 21.5 Å². The van der Waals surface area contributed by atoms with E-state index < -0.39 is 0 Å². The first-order valence-electron chi connectivity index (χ1n) is 6.02. The number of carbonyl (C=O) groups is 1. The van der Waals surface area contributed by atoms with Crippen LogP contribution >= 0.6 is 22.7 Å². The summed E-state index contributed by atoms with van der Waals surface area (Å²) in [6.07, 6.45) is 6.00. The van der Waals surface area contributed by atoms with Gasteiger partial charge in [0, 0.05) is 4.88 Å². The highest BCUT2D eigenvalue weighted by Crippen LogP contribution is 2.29. The number of aromatic nitrogens is 2. The number of anilines is 1. The minimum Gasteiger partial charge on any atom is -0.296 e. The van der Waals surface area contributed by atoms with Crippen molar-refractivity contribution in [3.05, 3.63) is 26.9 Å². The summed E-state index contributed by atoms with van der Waals surface area (Å²) in [4.78, 5) is 14.2. The van der Waals surface area contributed by atoms with Gasteiger partial charge >= 0.3 is 0 Å². The number of hydrogen-bond acceptors (Lipinski definition) is 5. The summed E-state index contributed by atoms with van der Waals surface area (Å²) in [7, 11) is 0. The van der Waals surface area contributed by atoms with E-state index in [2.05, 4.69) is 15.5 Å². The molecule has 0 atom stereocenters. The van der Waals surface area contributed by atoms with Crippen LogP contribution in [0.5, 0.6) is 0 Å². The quantitative estimate of drug-likeness (QED) is 0.859. The van der Waals surface area contributed by atoms with E-state index in [1.165, 1.54) is 41.0 Å². The van der Waals surface area contributed by atoms with Crippen LogP contribution in [0.1, 0.15) is 39.4 Å². The number of fused-ring (bicyclic) bond motifs is 1.